The number of nitrogens with zero attached hydrogens (tertiary/aromatic N) is 2. The molecule has 1 amide bonds. The van der Waals surface area contributed by atoms with E-state index in [0.29, 0.717) is 6.54 Å². The number of aromatic nitrogens is 2. The van der Waals surface area contributed by atoms with Gasteiger partial charge in [-0.3, -0.25) is 4.79 Å². The van der Waals surface area contributed by atoms with Crippen LogP contribution in [0.25, 0.3) is 0 Å². The Morgan fingerprint density at radius 3 is 2.72 bits per heavy atom. The predicted octanol–water partition coefficient (Wildman–Crippen LogP) is 1.25. The maximum Gasteiger partial charge on any atom is 0.390 e. The van der Waals surface area contributed by atoms with E-state index in [2.05, 4.69) is 15.5 Å². The summed E-state index contributed by atoms with van der Waals surface area (Å²) >= 11 is 0. The maximum absolute atomic E-state index is 11.6. The molecule has 7 heteroatoms. The van der Waals surface area contributed by atoms with Gasteiger partial charge in [0.2, 0.25) is 0 Å². The zero-order chi connectivity index (χ0) is 13.0. The standard InChI is InChI=1S/C11H10N4O3/c16-11(9-6-10(14-13-9)15(17)18)12-7-8-4-2-1-3-5-8/h1-6H,7H2,(H,12,16)(H,13,14). The fourth-order valence-corrected chi connectivity index (χ4v) is 1.39. The molecule has 0 saturated heterocycles. The first-order chi connectivity index (χ1) is 8.66. The van der Waals surface area contributed by atoms with E-state index in [4.69, 9.17) is 0 Å². The highest BCUT2D eigenvalue weighted by molar-refractivity contribution is 5.92. The molecular weight excluding hydrogens is 236 g/mol. The van der Waals surface area contributed by atoms with E-state index in [-0.39, 0.29) is 11.5 Å². The van der Waals surface area contributed by atoms with E-state index < -0.39 is 10.8 Å². The lowest BCUT2D eigenvalue weighted by Gasteiger charge is -2.02. The average molecular weight is 246 g/mol. The summed E-state index contributed by atoms with van der Waals surface area (Å²) < 4.78 is 0. The molecule has 0 spiro atoms. The van der Waals surface area contributed by atoms with Crippen LogP contribution < -0.4 is 5.32 Å². The summed E-state index contributed by atoms with van der Waals surface area (Å²) in [4.78, 5) is 21.4. The molecule has 0 aliphatic rings. The van der Waals surface area contributed by atoms with E-state index in [9.17, 15) is 14.9 Å². The van der Waals surface area contributed by atoms with Crippen LogP contribution >= 0.6 is 0 Å². The third-order valence-electron chi connectivity index (χ3n) is 2.29. The van der Waals surface area contributed by atoms with Gasteiger partial charge >= 0.3 is 5.82 Å². The molecule has 18 heavy (non-hydrogen) atoms. The zero-order valence-electron chi connectivity index (χ0n) is 9.29. The number of aromatic amines is 1. The Morgan fingerprint density at radius 2 is 2.11 bits per heavy atom. The van der Waals surface area contributed by atoms with Gasteiger partial charge < -0.3 is 15.4 Å². The Morgan fingerprint density at radius 1 is 1.39 bits per heavy atom. The number of hydrogen-bond acceptors (Lipinski definition) is 4. The monoisotopic (exact) mass is 246 g/mol. The Kier molecular flexibility index (Phi) is 3.33. The highest BCUT2D eigenvalue weighted by Gasteiger charge is 2.16. The van der Waals surface area contributed by atoms with Gasteiger partial charge in [-0.2, -0.15) is 5.10 Å². The molecule has 2 aromatic rings. The van der Waals surface area contributed by atoms with Gasteiger partial charge in [-0.15, -0.1) is 0 Å². The van der Waals surface area contributed by atoms with Gasteiger partial charge in [0, 0.05) is 6.54 Å². The summed E-state index contributed by atoms with van der Waals surface area (Å²) in [6.07, 6.45) is 0. The first-order valence-corrected chi connectivity index (χ1v) is 5.19. The third-order valence-corrected chi connectivity index (χ3v) is 2.29. The Hall–Kier alpha value is -2.70. The lowest BCUT2D eigenvalue weighted by Crippen LogP contribution is -2.23. The van der Waals surface area contributed by atoms with E-state index in [1.54, 1.807) is 0 Å². The highest BCUT2D eigenvalue weighted by Crippen LogP contribution is 2.08. The number of carbonyl (C=O) groups excluding carboxylic acids is 1. The third kappa shape index (κ3) is 2.70. The van der Waals surface area contributed by atoms with E-state index in [1.807, 2.05) is 30.3 Å². The van der Waals surface area contributed by atoms with Gasteiger partial charge in [0.15, 0.2) is 5.69 Å². The molecule has 0 fully saturated rings. The van der Waals surface area contributed by atoms with Crippen molar-refractivity contribution in [2.24, 2.45) is 0 Å². The Labute approximate surface area is 102 Å². The Bertz CT molecular complexity index is 565. The first-order valence-electron chi connectivity index (χ1n) is 5.19. The van der Waals surface area contributed by atoms with Crippen molar-refractivity contribution in [3.8, 4) is 0 Å². The molecule has 0 atom stereocenters. The summed E-state index contributed by atoms with van der Waals surface area (Å²) in [5.74, 6) is -0.806. The molecule has 0 aliphatic carbocycles. The van der Waals surface area contributed by atoms with Gasteiger partial charge in [-0.1, -0.05) is 30.3 Å². The quantitative estimate of drug-likeness (QED) is 0.626. The molecule has 1 heterocycles. The van der Waals surface area contributed by atoms with Crippen LogP contribution in [0, 0.1) is 10.1 Å². The fraction of sp³-hybridized carbons (Fsp3) is 0.0909. The van der Waals surface area contributed by atoms with Gasteiger partial charge in [-0.05, 0) is 10.5 Å². The van der Waals surface area contributed by atoms with Crippen LogP contribution in [0.15, 0.2) is 36.4 Å². The van der Waals surface area contributed by atoms with Gasteiger partial charge in [0.1, 0.15) is 0 Å². The van der Waals surface area contributed by atoms with Gasteiger partial charge in [0.05, 0.1) is 11.2 Å². The zero-order valence-corrected chi connectivity index (χ0v) is 9.29. The molecule has 1 aromatic carbocycles. The van der Waals surface area contributed by atoms with Crippen molar-refractivity contribution in [3.63, 3.8) is 0 Å². The van der Waals surface area contributed by atoms with E-state index in [0.717, 1.165) is 11.6 Å². The van der Waals surface area contributed by atoms with Crippen molar-refractivity contribution < 1.29 is 9.72 Å². The molecular formula is C11H10N4O3. The molecule has 1 aromatic heterocycles. The van der Waals surface area contributed by atoms with Gasteiger partial charge in [0.25, 0.3) is 5.91 Å². The lowest BCUT2D eigenvalue weighted by atomic mass is 10.2. The molecule has 0 radical (unpaired) electrons. The maximum atomic E-state index is 11.6. The van der Waals surface area contributed by atoms with Crippen molar-refractivity contribution in [3.05, 3.63) is 57.8 Å². The molecule has 2 N–H and O–H groups in total. The van der Waals surface area contributed by atoms with Crippen LogP contribution in [-0.4, -0.2) is 21.0 Å². The van der Waals surface area contributed by atoms with Crippen molar-refractivity contribution in [2.75, 3.05) is 0 Å². The molecule has 0 unspecified atom stereocenters. The number of nitrogens with one attached hydrogen (secondary N) is 2. The normalized spacial score (nSPS) is 10.0. The molecule has 0 aliphatic heterocycles. The highest BCUT2D eigenvalue weighted by atomic mass is 16.6. The number of benzene rings is 1. The molecule has 0 bridgehead atoms. The van der Waals surface area contributed by atoms with E-state index >= 15 is 0 Å². The SMILES string of the molecule is O=C(NCc1ccccc1)c1cc([N+](=O)[O-])n[nH]1. The Balaban J connectivity index is 1.97. The number of hydrogen-bond donors (Lipinski definition) is 2. The van der Waals surface area contributed by atoms with Crippen molar-refractivity contribution in [2.45, 2.75) is 6.54 Å². The summed E-state index contributed by atoms with van der Waals surface area (Å²) in [7, 11) is 0. The van der Waals surface area contributed by atoms with Crippen LogP contribution in [0.3, 0.4) is 0 Å². The molecule has 2 rings (SSSR count). The minimum absolute atomic E-state index is 0.0673. The number of amides is 1. The summed E-state index contributed by atoms with van der Waals surface area (Å²) in [5.41, 5.74) is 1.01. The first kappa shape index (κ1) is 11.8. The summed E-state index contributed by atoms with van der Waals surface area (Å²) in [5, 5.41) is 18.8. The number of H-pyrrole nitrogens is 1. The van der Waals surface area contributed by atoms with Crippen LogP contribution in [0.1, 0.15) is 16.1 Å². The minimum Gasteiger partial charge on any atom is -0.358 e. The van der Waals surface area contributed by atoms with Crippen molar-refractivity contribution in [1.82, 2.24) is 15.5 Å². The average Bonchev–Trinajstić information content (AvgIpc) is 2.87. The number of nitro groups is 1. The smallest absolute Gasteiger partial charge is 0.358 e. The predicted molar refractivity (Wildman–Crippen MR) is 62.9 cm³/mol. The van der Waals surface area contributed by atoms with E-state index in [1.165, 1.54) is 0 Å². The largest absolute Gasteiger partial charge is 0.390 e. The topological polar surface area (TPSA) is 101 Å². The van der Waals surface area contributed by atoms with Gasteiger partial charge in [-0.25, -0.2) is 0 Å². The van der Waals surface area contributed by atoms with Crippen LogP contribution in [0.5, 0.6) is 0 Å². The fourth-order valence-electron chi connectivity index (χ4n) is 1.39. The van der Waals surface area contributed by atoms with Crippen LogP contribution in [0.2, 0.25) is 0 Å². The molecule has 0 saturated carbocycles. The second kappa shape index (κ2) is 5.09. The summed E-state index contributed by atoms with van der Waals surface area (Å²) in [6.45, 7) is 0.354. The van der Waals surface area contributed by atoms with Crippen LogP contribution in [-0.2, 0) is 6.54 Å². The van der Waals surface area contributed by atoms with Crippen LogP contribution in [0.4, 0.5) is 5.82 Å². The second-order valence-corrected chi connectivity index (χ2v) is 3.57. The van der Waals surface area contributed by atoms with Crippen molar-refractivity contribution in [1.29, 1.82) is 0 Å². The lowest BCUT2D eigenvalue weighted by molar-refractivity contribution is -0.389. The second-order valence-electron chi connectivity index (χ2n) is 3.57. The molecule has 7 nitrogen and oxygen atoms in total. The molecule has 92 valence electrons. The van der Waals surface area contributed by atoms with Crippen molar-refractivity contribution >= 4 is 11.7 Å². The number of rotatable bonds is 4. The minimum atomic E-state index is -0.662. The summed E-state index contributed by atoms with van der Waals surface area (Å²) in [6, 6.07) is 10.4. The number of carbonyl (C=O) groups is 1.